The lowest BCUT2D eigenvalue weighted by molar-refractivity contribution is -0.116. The molecule has 1 atom stereocenters. The van der Waals surface area contributed by atoms with Crippen LogP contribution in [0.25, 0.3) is 0 Å². The lowest BCUT2D eigenvalue weighted by Gasteiger charge is -2.14. The molecule has 1 rings (SSSR count). The minimum atomic E-state index is -1.04. The standard InChI is InChI=1S/C15H21IN2O3/c1-2-10(7-8-17)3-6-14(19)18-13-5-4-11(16)9-12(13)15(20)21/h4-5,9-10H,2-3,6-8,17H2,1H3,(H,18,19)(H,20,21). The normalized spacial score (nSPS) is 12.0. The second-order valence-electron chi connectivity index (χ2n) is 4.93. The van der Waals surface area contributed by atoms with Crippen molar-refractivity contribution in [2.75, 3.05) is 11.9 Å². The van der Waals surface area contributed by atoms with E-state index in [1.807, 2.05) is 22.6 Å². The molecule has 6 heteroatoms. The molecule has 21 heavy (non-hydrogen) atoms. The van der Waals surface area contributed by atoms with Crippen LogP contribution in [0.15, 0.2) is 18.2 Å². The van der Waals surface area contributed by atoms with Crippen molar-refractivity contribution in [3.05, 3.63) is 27.3 Å². The zero-order valence-electron chi connectivity index (χ0n) is 12.1. The van der Waals surface area contributed by atoms with Gasteiger partial charge in [0.05, 0.1) is 11.3 Å². The maximum atomic E-state index is 12.0. The van der Waals surface area contributed by atoms with Gasteiger partial charge >= 0.3 is 5.97 Å². The van der Waals surface area contributed by atoms with Crippen LogP contribution in [-0.2, 0) is 4.79 Å². The minimum absolute atomic E-state index is 0.115. The Labute approximate surface area is 138 Å². The molecule has 0 aliphatic carbocycles. The lowest BCUT2D eigenvalue weighted by atomic mass is 9.96. The Morgan fingerprint density at radius 2 is 2.10 bits per heavy atom. The fourth-order valence-corrected chi connectivity index (χ4v) is 2.63. The molecule has 1 amide bonds. The van der Waals surface area contributed by atoms with Gasteiger partial charge in [-0.25, -0.2) is 4.79 Å². The molecular formula is C15H21IN2O3. The summed E-state index contributed by atoms with van der Waals surface area (Å²) in [6.45, 7) is 2.71. The SMILES string of the molecule is CCC(CCN)CCC(=O)Nc1ccc(I)cc1C(=O)O. The second kappa shape index (κ2) is 8.99. The molecule has 0 aromatic heterocycles. The van der Waals surface area contributed by atoms with E-state index in [1.165, 1.54) is 0 Å². The molecular weight excluding hydrogens is 383 g/mol. The number of rotatable bonds is 8. The first kappa shape index (κ1) is 17.9. The summed E-state index contributed by atoms with van der Waals surface area (Å²) in [7, 11) is 0. The van der Waals surface area contributed by atoms with Crippen molar-refractivity contribution in [1.82, 2.24) is 0 Å². The lowest BCUT2D eigenvalue weighted by Crippen LogP contribution is -2.17. The number of benzene rings is 1. The van der Waals surface area contributed by atoms with Crippen LogP contribution in [0.1, 0.15) is 43.0 Å². The number of nitrogens with two attached hydrogens (primary N) is 1. The maximum Gasteiger partial charge on any atom is 0.337 e. The van der Waals surface area contributed by atoms with E-state index in [9.17, 15) is 9.59 Å². The third-order valence-corrected chi connectivity index (χ3v) is 4.09. The highest BCUT2D eigenvalue weighted by Crippen LogP contribution is 2.20. The Morgan fingerprint density at radius 3 is 2.67 bits per heavy atom. The predicted molar refractivity (Wildman–Crippen MR) is 91.4 cm³/mol. The Hall–Kier alpha value is -1.15. The molecule has 0 bridgehead atoms. The quantitative estimate of drug-likeness (QED) is 0.581. The number of anilines is 1. The number of halogens is 1. The summed E-state index contributed by atoms with van der Waals surface area (Å²) in [6.07, 6.45) is 3.05. The highest BCUT2D eigenvalue weighted by Gasteiger charge is 2.14. The minimum Gasteiger partial charge on any atom is -0.478 e. The van der Waals surface area contributed by atoms with Gasteiger partial charge in [0.15, 0.2) is 0 Å². The van der Waals surface area contributed by atoms with E-state index in [0.29, 0.717) is 24.6 Å². The van der Waals surface area contributed by atoms with Crippen molar-refractivity contribution in [3.8, 4) is 0 Å². The number of carboxylic acid groups (broad SMARTS) is 1. The number of hydrogen-bond donors (Lipinski definition) is 3. The van der Waals surface area contributed by atoms with E-state index >= 15 is 0 Å². The van der Waals surface area contributed by atoms with Crippen molar-refractivity contribution >= 4 is 40.2 Å². The van der Waals surface area contributed by atoms with Crippen molar-refractivity contribution in [2.24, 2.45) is 11.7 Å². The van der Waals surface area contributed by atoms with E-state index in [1.54, 1.807) is 18.2 Å². The van der Waals surface area contributed by atoms with Crippen LogP contribution in [-0.4, -0.2) is 23.5 Å². The number of carboxylic acids is 1. The topological polar surface area (TPSA) is 92.4 Å². The molecule has 1 aromatic carbocycles. The van der Waals surface area contributed by atoms with Gasteiger partial charge in [-0.1, -0.05) is 13.3 Å². The van der Waals surface area contributed by atoms with E-state index in [-0.39, 0.29) is 11.5 Å². The summed E-state index contributed by atoms with van der Waals surface area (Å²) in [4.78, 5) is 23.1. The number of amides is 1. The molecule has 0 aliphatic rings. The summed E-state index contributed by atoms with van der Waals surface area (Å²) < 4.78 is 0.817. The molecule has 4 N–H and O–H groups in total. The predicted octanol–water partition coefficient (Wildman–Crippen LogP) is 3.08. The third kappa shape index (κ3) is 6.01. The van der Waals surface area contributed by atoms with Gasteiger partial charge in [0, 0.05) is 9.99 Å². The Bertz CT molecular complexity index is 506. The fraction of sp³-hybridized carbons (Fsp3) is 0.467. The molecule has 5 nitrogen and oxygen atoms in total. The number of carbonyl (C=O) groups is 2. The number of nitrogens with one attached hydrogen (secondary N) is 1. The molecule has 0 saturated carbocycles. The largest absolute Gasteiger partial charge is 0.478 e. The van der Waals surface area contributed by atoms with Gasteiger partial charge in [-0.3, -0.25) is 4.79 Å². The van der Waals surface area contributed by atoms with E-state index in [0.717, 1.165) is 22.8 Å². The molecule has 0 saturated heterocycles. The van der Waals surface area contributed by atoms with Crippen molar-refractivity contribution in [3.63, 3.8) is 0 Å². The summed E-state index contributed by atoms with van der Waals surface area (Å²) in [5, 5.41) is 11.8. The van der Waals surface area contributed by atoms with Crippen LogP contribution in [0.3, 0.4) is 0 Å². The summed E-state index contributed by atoms with van der Waals surface area (Å²) in [5.74, 6) is -0.760. The van der Waals surface area contributed by atoms with Gasteiger partial charge in [-0.15, -0.1) is 0 Å². The maximum absolute atomic E-state index is 12.0. The first-order valence-electron chi connectivity index (χ1n) is 7.00. The second-order valence-corrected chi connectivity index (χ2v) is 6.18. The zero-order chi connectivity index (χ0) is 15.8. The van der Waals surface area contributed by atoms with Crippen LogP contribution >= 0.6 is 22.6 Å². The van der Waals surface area contributed by atoms with Gasteiger partial charge in [-0.2, -0.15) is 0 Å². The van der Waals surface area contributed by atoms with Crippen LogP contribution < -0.4 is 11.1 Å². The first-order valence-corrected chi connectivity index (χ1v) is 8.08. The van der Waals surface area contributed by atoms with Crippen molar-refractivity contribution < 1.29 is 14.7 Å². The summed E-state index contributed by atoms with van der Waals surface area (Å²) >= 11 is 2.04. The van der Waals surface area contributed by atoms with Gasteiger partial charge in [0.1, 0.15) is 0 Å². The smallest absolute Gasteiger partial charge is 0.337 e. The number of carbonyl (C=O) groups excluding carboxylic acids is 1. The van der Waals surface area contributed by atoms with E-state index in [2.05, 4.69) is 12.2 Å². The number of aromatic carboxylic acids is 1. The van der Waals surface area contributed by atoms with E-state index < -0.39 is 5.97 Å². The van der Waals surface area contributed by atoms with Crippen molar-refractivity contribution in [2.45, 2.75) is 32.6 Å². The van der Waals surface area contributed by atoms with Crippen LogP contribution in [0.5, 0.6) is 0 Å². The number of hydrogen-bond acceptors (Lipinski definition) is 3. The van der Waals surface area contributed by atoms with Crippen LogP contribution in [0.4, 0.5) is 5.69 Å². The Balaban J connectivity index is 2.65. The van der Waals surface area contributed by atoms with Crippen molar-refractivity contribution in [1.29, 1.82) is 0 Å². The fourth-order valence-electron chi connectivity index (χ4n) is 2.14. The molecule has 1 aromatic rings. The molecule has 1 unspecified atom stereocenters. The van der Waals surface area contributed by atoms with Gasteiger partial charge in [0.2, 0.25) is 5.91 Å². The van der Waals surface area contributed by atoms with Crippen LogP contribution in [0.2, 0.25) is 0 Å². The Morgan fingerprint density at radius 1 is 1.38 bits per heavy atom. The third-order valence-electron chi connectivity index (χ3n) is 3.42. The monoisotopic (exact) mass is 404 g/mol. The average molecular weight is 404 g/mol. The summed E-state index contributed by atoms with van der Waals surface area (Å²) in [5.41, 5.74) is 6.00. The molecule has 0 heterocycles. The van der Waals surface area contributed by atoms with Gasteiger partial charge in [-0.05, 0) is 66.1 Å². The highest BCUT2D eigenvalue weighted by molar-refractivity contribution is 14.1. The molecule has 0 fully saturated rings. The molecule has 0 radical (unpaired) electrons. The first-order chi connectivity index (χ1) is 9.97. The van der Waals surface area contributed by atoms with Gasteiger partial charge in [0.25, 0.3) is 0 Å². The Kier molecular flexibility index (Phi) is 7.66. The zero-order valence-corrected chi connectivity index (χ0v) is 14.2. The molecule has 0 spiro atoms. The average Bonchev–Trinajstić information content (AvgIpc) is 2.45. The van der Waals surface area contributed by atoms with Crippen LogP contribution in [0, 0.1) is 9.49 Å². The van der Waals surface area contributed by atoms with E-state index in [4.69, 9.17) is 10.8 Å². The van der Waals surface area contributed by atoms with Gasteiger partial charge < -0.3 is 16.2 Å². The molecule has 116 valence electrons. The highest BCUT2D eigenvalue weighted by atomic mass is 127. The molecule has 0 aliphatic heterocycles. The summed E-state index contributed by atoms with van der Waals surface area (Å²) in [6, 6.07) is 4.94.